The molecule has 2 aromatic rings. The Balaban J connectivity index is 2.16. The fourth-order valence-corrected chi connectivity index (χ4v) is 1.94. The Bertz CT molecular complexity index is 514. The Morgan fingerprint density at radius 3 is 2.61 bits per heavy atom. The molecule has 0 spiro atoms. The summed E-state index contributed by atoms with van der Waals surface area (Å²) in [5, 5.41) is 3.81. The zero-order chi connectivity index (χ0) is 13.0. The number of aromatic nitrogens is 2. The highest BCUT2D eigenvalue weighted by Gasteiger charge is 2.07. The van der Waals surface area contributed by atoms with Crippen LogP contribution in [0, 0.1) is 0 Å². The maximum Gasteiger partial charge on any atom is 0.134 e. The molecule has 0 aliphatic rings. The molecule has 1 heterocycles. The minimum Gasteiger partial charge on any atom is -0.363 e. The summed E-state index contributed by atoms with van der Waals surface area (Å²) in [7, 11) is 0. The molecule has 0 bridgehead atoms. The molecule has 0 saturated carbocycles. The van der Waals surface area contributed by atoms with Gasteiger partial charge < -0.3 is 5.32 Å². The van der Waals surface area contributed by atoms with Gasteiger partial charge in [-0.3, -0.25) is 0 Å². The van der Waals surface area contributed by atoms with E-state index in [-0.39, 0.29) is 6.04 Å². The lowest BCUT2D eigenvalue weighted by Gasteiger charge is -2.15. The van der Waals surface area contributed by atoms with Gasteiger partial charge in [0.1, 0.15) is 16.8 Å². The van der Waals surface area contributed by atoms with E-state index in [4.69, 9.17) is 11.6 Å². The van der Waals surface area contributed by atoms with E-state index >= 15 is 0 Å². The van der Waals surface area contributed by atoms with E-state index in [9.17, 15) is 0 Å². The van der Waals surface area contributed by atoms with Crippen molar-refractivity contribution >= 4 is 17.4 Å². The molecule has 1 atom stereocenters. The Hall–Kier alpha value is -1.61. The summed E-state index contributed by atoms with van der Waals surface area (Å²) >= 11 is 5.97. The van der Waals surface area contributed by atoms with Crippen LogP contribution in [0.4, 0.5) is 5.82 Å². The first-order valence-electron chi connectivity index (χ1n) is 6.04. The molecule has 0 saturated heterocycles. The van der Waals surface area contributed by atoms with Crippen molar-refractivity contribution in [3.05, 3.63) is 52.9 Å². The third-order valence-electron chi connectivity index (χ3n) is 2.72. The van der Waals surface area contributed by atoms with E-state index < -0.39 is 0 Å². The highest BCUT2D eigenvalue weighted by atomic mass is 35.5. The average Bonchev–Trinajstić information content (AvgIpc) is 2.39. The van der Waals surface area contributed by atoms with E-state index in [1.165, 1.54) is 5.56 Å². The number of nitrogens with one attached hydrogen (secondary N) is 1. The van der Waals surface area contributed by atoms with Gasteiger partial charge >= 0.3 is 0 Å². The average molecular weight is 262 g/mol. The van der Waals surface area contributed by atoms with Crippen LogP contribution in [0.5, 0.6) is 0 Å². The zero-order valence-electron chi connectivity index (χ0n) is 10.5. The fraction of sp³-hybridized carbons (Fsp3) is 0.286. The van der Waals surface area contributed by atoms with Gasteiger partial charge in [0.2, 0.25) is 0 Å². The van der Waals surface area contributed by atoms with Gasteiger partial charge in [-0.05, 0) is 12.5 Å². The van der Waals surface area contributed by atoms with Gasteiger partial charge in [-0.2, -0.15) is 0 Å². The molecule has 1 aromatic carbocycles. The number of halogens is 1. The molecule has 94 valence electrons. The van der Waals surface area contributed by atoms with Crippen molar-refractivity contribution in [2.45, 2.75) is 26.3 Å². The first-order valence-corrected chi connectivity index (χ1v) is 6.41. The normalized spacial score (nSPS) is 12.2. The largest absolute Gasteiger partial charge is 0.363 e. The molecule has 0 fully saturated rings. The van der Waals surface area contributed by atoms with Crippen molar-refractivity contribution in [3.63, 3.8) is 0 Å². The minimum atomic E-state index is 0.182. The fourth-order valence-electron chi connectivity index (χ4n) is 1.74. The molecule has 0 radical (unpaired) electrons. The highest BCUT2D eigenvalue weighted by molar-refractivity contribution is 6.29. The molecular formula is C14H16ClN3. The second kappa shape index (κ2) is 5.83. The standard InChI is InChI=1S/C14H16ClN3/c1-3-13-17-12(15)9-14(18-13)16-10(2)11-7-5-4-6-8-11/h4-10H,3H2,1-2H3,(H,16,17,18). The number of hydrogen-bond acceptors (Lipinski definition) is 3. The molecule has 1 unspecified atom stereocenters. The first kappa shape index (κ1) is 12.8. The predicted molar refractivity (Wildman–Crippen MR) is 74.9 cm³/mol. The third kappa shape index (κ3) is 3.20. The lowest BCUT2D eigenvalue weighted by atomic mass is 10.1. The van der Waals surface area contributed by atoms with E-state index in [1.54, 1.807) is 6.07 Å². The Morgan fingerprint density at radius 2 is 1.94 bits per heavy atom. The smallest absolute Gasteiger partial charge is 0.134 e. The van der Waals surface area contributed by atoms with Gasteiger partial charge in [0, 0.05) is 18.5 Å². The van der Waals surface area contributed by atoms with Crippen molar-refractivity contribution in [1.82, 2.24) is 9.97 Å². The summed E-state index contributed by atoms with van der Waals surface area (Å²) in [5.74, 6) is 1.52. The minimum absolute atomic E-state index is 0.182. The molecule has 0 amide bonds. The van der Waals surface area contributed by atoms with Crippen LogP contribution in [0.3, 0.4) is 0 Å². The monoisotopic (exact) mass is 261 g/mol. The van der Waals surface area contributed by atoms with Gasteiger partial charge in [0.15, 0.2) is 0 Å². The number of benzene rings is 1. The summed E-state index contributed by atoms with van der Waals surface area (Å²) < 4.78 is 0. The van der Waals surface area contributed by atoms with Crippen LogP contribution in [-0.2, 0) is 6.42 Å². The molecule has 2 rings (SSSR count). The van der Waals surface area contributed by atoms with Crippen LogP contribution in [0.15, 0.2) is 36.4 Å². The molecule has 3 nitrogen and oxygen atoms in total. The van der Waals surface area contributed by atoms with Gasteiger partial charge in [-0.1, -0.05) is 48.9 Å². The van der Waals surface area contributed by atoms with Gasteiger partial charge in [0.25, 0.3) is 0 Å². The third-order valence-corrected chi connectivity index (χ3v) is 2.92. The molecule has 0 aliphatic heterocycles. The number of hydrogen-bond donors (Lipinski definition) is 1. The SMILES string of the molecule is CCc1nc(Cl)cc(NC(C)c2ccccc2)n1. The number of anilines is 1. The van der Waals surface area contributed by atoms with Crippen molar-refractivity contribution in [2.24, 2.45) is 0 Å². The summed E-state index contributed by atoms with van der Waals surface area (Å²) in [6.07, 6.45) is 0.773. The van der Waals surface area contributed by atoms with E-state index in [0.717, 1.165) is 18.1 Å². The zero-order valence-corrected chi connectivity index (χ0v) is 11.3. The van der Waals surface area contributed by atoms with Crippen molar-refractivity contribution in [1.29, 1.82) is 0 Å². The molecule has 18 heavy (non-hydrogen) atoms. The van der Waals surface area contributed by atoms with Crippen molar-refractivity contribution < 1.29 is 0 Å². The molecule has 0 aliphatic carbocycles. The quantitative estimate of drug-likeness (QED) is 0.849. The molecular weight excluding hydrogens is 246 g/mol. The van der Waals surface area contributed by atoms with Crippen molar-refractivity contribution in [3.8, 4) is 0 Å². The Kier molecular flexibility index (Phi) is 4.15. The van der Waals surface area contributed by atoms with Crippen LogP contribution in [0.25, 0.3) is 0 Å². The number of aryl methyl sites for hydroxylation is 1. The topological polar surface area (TPSA) is 37.8 Å². The lowest BCUT2D eigenvalue weighted by Crippen LogP contribution is -2.09. The Labute approximate surface area is 112 Å². The first-order chi connectivity index (χ1) is 8.69. The maximum absolute atomic E-state index is 5.97. The predicted octanol–water partition coefficient (Wildman–Crippen LogP) is 3.87. The summed E-state index contributed by atoms with van der Waals surface area (Å²) in [6.45, 7) is 4.10. The van der Waals surface area contributed by atoms with Crippen LogP contribution in [0.1, 0.15) is 31.3 Å². The number of rotatable bonds is 4. The van der Waals surface area contributed by atoms with Crippen LogP contribution < -0.4 is 5.32 Å². The molecule has 4 heteroatoms. The van der Waals surface area contributed by atoms with Crippen molar-refractivity contribution in [2.75, 3.05) is 5.32 Å². The summed E-state index contributed by atoms with van der Waals surface area (Å²) in [4.78, 5) is 8.56. The molecule has 1 N–H and O–H groups in total. The van der Waals surface area contributed by atoms with E-state index in [0.29, 0.717) is 5.15 Å². The van der Waals surface area contributed by atoms with E-state index in [1.807, 2.05) is 25.1 Å². The second-order valence-corrected chi connectivity index (χ2v) is 4.51. The second-order valence-electron chi connectivity index (χ2n) is 4.12. The Morgan fingerprint density at radius 1 is 1.22 bits per heavy atom. The van der Waals surface area contributed by atoms with Gasteiger partial charge in [-0.25, -0.2) is 9.97 Å². The summed E-state index contributed by atoms with van der Waals surface area (Å²) in [6, 6.07) is 12.2. The van der Waals surface area contributed by atoms with Crippen LogP contribution in [0.2, 0.25) is 5.15 Å². The number of nitrogens with zero attached hydrogens (tertiary/aromatic N) is 2. The molecule has 1 aromatic heterocycles. The summed E-state index contributed by atoms with van der Waals surface area (Å²) in [5.41, 5.74) is 1.21. The highest BCUT2D eigenvalue weighted by Crippen LogP contribution is 2.19. The van der Waals surface area contributed by atoms with Gasteiger partial charge in [-0.15, -0.1) is 0 Å². The van der Waals surface area contributed by atoms with E-state index in [2.05, 4.69) is 34.3 Å². The lowest BCUT2D eigenvalue weighted by molar-refractivity contribution is 0.857. The van der Waals surface area contributed by atoms with Crippen LogP contribution in [-0.4, -0.2) is 9.97 Å². The van der Waals surface area contributed by atoms with Gasteiger partial charge in [0.05, 0.1) is 0 Å². The maximum atomic E-state index is 5.97. The van der Waals surface area contributed by atoms with Crippen LogP contribution >= 0.6 is 11.6 Å².